The van der Waals surface area contributed by atoms with Crippen LogP contribution in [0.25, 0.3) is 0 Å². The van der Waals surface area contributed by atoms with E-state index in [1.807, 2.05) is 65.4 Å². The molecule has 0 unspecified atom stereocenters. The zero-order valence-corrected chi connectivity index (χ0v) is 19.4. The molecule has 1 N–H and O–H groups in total. The Hall–Kier alpha value is -3.12. The molecule has 0 saturated carbocycles. The monoisotopic (exact) mass is 448 g/mol. The molecule has 3 aromatic rings. The highest BCUT2D eigenvalue weighted by molar-refractivity contribution is 7.08. The Kier molecular flexibility index (Phi) is 6.61. The maximum absolute atomic E-state index is 13.7. The highest BCUT2D eigenvalue weighted by Gasteiger charge is 2.44. The lowest BCUT2D eigenvalue weighted by Crippen LogP contribution is -2.47. The van der Waals surface area contributed by atoms with Crippen molar-refractivity contribution in [3.05, 3.63) is 82.0 Å². The predicted octanol–water partition coefficient (Wildman–Crippen LogP) is 5.40. The molecule has 6 heteroatoms. The molecule has 0 spiro atoms. The normalized spacial score (nSPS) is 17.9. The molecule has 2 aromatic carbocycles. The fraction of sp³-hybridized carbons (Fsp3) is 0.308. The third-order valence-corrected chi connectivity index (χ3v) is 6.58. The molecular weight excluding hydrogens is 420 g/mol. The molecule has 1 aromatic heterocycles. The average Bonchev–Trinajstić information content (AvgIpc) is 3.33. The van der Waals surface area contributed by atoms with Crippen molar-refractivity contribution < 1.29 is 14.3 Å². The first-order valence-corrected chi connectivity index (χ1v) is 11.8. The van der Waals surface area contributed by atoms with Crippen LogP contribution in [0, 0.1) is 5.92 Å². The van der Waals surface area contributed by atoms with Gasteiger partial charge in [0.05, 0.1) is 19.1 Å². The van der Waals surface area contributed by atoms with Crippen LogP contribution in [0.2, 0.25) is 0 Å². The Morgan fingerprint density at radius 1 is 1.12 bits per heavy atom. The van der Waals surface area contributed by atoms with Crippen LogP contribution in [0.1, 0.15) is 53.7 Å². The van der Waals surface area contributed by atoms with E-state index in [0.717, 1.165) is 23.2 Å². The number of amides is 2. The van der Waals surface area contributed by atoms with E-state index >= 15 is 0 Å². The van der Waals surface area contributed by atoms with Crippen LogP contribution >= 0.6 is 11.3 Å². The van der Waals surface area contributed by atoms with E-state index in [0.29, 0.717) is 23.8 Å². The number of hydrogen-bond donors (Lipinski definition) is 1. The second-order valence-corrected chi connectivity index (χ2v) is 9.19. The Morgan fingerprint density at radius 3 is 2.53 bits per heavy atom. The van der Waals surface area contributed by atoms with E-state index < -0.39 is 12.0 Å². The quantitative estimate of drug-likeness (QED) is 0.526. The molecule has 32 heavy (non-hydrogen) atoms. The van der Waals surface area contributed by atoms with Gasteiger partial charge >= 0.3 is 0 Å². The number of rotatable bonds is 7. The summed E-state index contributed by atoms with van der Waals surface area (Å²) < 4.78 is 5.30. The lowest BCUT2D eigenvalue weighted by atomic mass is 9.79. The third kappa shape index (κ3) is 4.28. The summed E-state index contributed by atoms with van der Waals surface area (Å²) in [5, 5.41) is 7.14. The maximum atomic E-state index is 13.7. The summed E-state index contributed by atoms with van der Waals surface area (Å²) in [4.78, 5) is 29.0. The number of ether oxygens (including phenoxy) is 1. The Labute approximate surface area is 193 Å². The number of methoxy groups -OCH3 is 1. The summed E-state index contributed by atoms with van der Waals surface area (Å²) in [6.07, 6.45) is 0.907. The molecule has 2 heterocycles. The molecule has 0 saturated heterocycles. The highest BCUT2D eigenvalue weighted by atomic mass is 32.1. The van der Waals surface area contributed by atoms with Gasteiger partial charge in [-0.05, 0) is 70.6 Å². The fourth-order valence-corrected chi connectivity index (χ4v) is 4.91. The molecule has 4 rings (SSSR count). The van der Waals surface area contributed by atoms with Crippen molar-refractivity contribution in [1.82, 2.24) is 5.32 Å². The largest absolute Gasteiger partial charge is 0.497 e. The van der Waals surface area contributed by atoms with Crippen LogP contribution in [-0.2, 0) is 4.79 Å². The van der Waals surface area contributed by atoms with E-state index in [1.165, 1.54) is 0 Å². The number of nitrogens with zero attached hydrogens (tertiary/aromatic N) is 1. The second kappa shape index (κ2) is 9.57. The second-order valence-electron chi connectivity index (χ2n) is 8.41. The summed E-state index contributed by atoms with van der Waals surface area (Å²) in [5.74, 6) is 0.550. The first-order chi connectivity index (χ1) is 15.5. The van der Waals surface area contributed by atoms with Crippen molar-refractivity contribution in [3.8, 4) is 5.75 Å². The van der Waals surface area contributed by atoms with Crippen LogP contribution in [0.15, 0.2) is 65.4 Å². The Balaban J connectivity index is 1.82. The Bertz CT molecular complexity index is 1080. The molecule has 2 amide bonds. The number of fused-ring (bicyclic) bond motifs is 1. The molecule has 2 atom stereocenters. The summed E-state index contributed by atoms with van der Waals surface area (Å²) in [5.41, 5.74) is 3.04. The van der Waals surface area contributed by atoms with Crippen LogP contribution in [0.3, 0.4) is 0 Å². The van der Waals surface area contributed by atoms with Gasteiger partial charge in [0, 0.05) is 17.8 Å². The maximum Gasteiger partial charge on any atom is 0.259 e. The number of carbonyl (C=O) groups is 2. The molecule has 166 valence electrons. The van der Waals surface area contributed by atoms with Crippen molar-refractivity contribution in [2.24, 2.45) is 5.92 Å². The number of carbonyl (C=O) groups excluding carboxylic acids is 2. The van der Waals surface area contributed by atoms with E-state index in [4.69, 9.17) is 4.74 Å². The molecule has 1 aliphatic rings. The van der Waals surface area contributed by atoms with Gasteiger partial charge in [-0.15, -0.1) is 0 Å². The molecule has 1 aliphatic heterocycles. The van der Waals surface area contributed by atoms with Crippen molar-refractivity contribution >= 4 is 28.8 Å². The van der Waals surface area contributed by atoms with Crippen molar-refractivity contribution in [2.75, 3.05) is 18.6 Å². The van der Waals surface area contributed by atoms with Gasteiger partial charge in [0.25, 0.3) is 5.91 Å². The topological polar surface area (TPSA) is 58.6 Å². The van der Waals surface area contributed by atoms with Gasteiger partial charge in [-0.25, -0.2) is 0 Å². The van der Waals surface area contributed by atoms with Crippen molar-refractivity contribution in [2.45, 2.75) is 32.2 Å². The SMILES string of the molecule is COc1ccc(N2C(=O)c3ccccc3[C@H](C(=O)NCCC(C)C)[C@H]2c2ccsc2)cc1. The summed E-state index contributed by atoms with van der Waals surface area (Å²) in [6.45, 7) is 4.89. The summed E-state index contributed by atoms with van der Waals surface area (Å²) >= 11 is 1.56. The van der Waals surface area contributed by atoms with Gasteiger partial charge in [0.2, 0.25) is 5.91 Å². The Morgan fingerprint density at radius 2 is 1.88 bits per heavy atom. The predicted molar refractivity (Wildman–Crippen MR) is 129 cm³/mol. The minimum atomic E-state index is -0.507. The smallest absolute Gasteiger partial charge is 0.259 e. The average molecular weight is 449 g/mol. The summed E-state index contributed by atoms with van der Waals surface area (Å²) in [7, 11) is 1.61. The van der Waals surface area contributed by atoms with Gasteiger partial charge in [0.1, 0.15) is 5.75 Å². The minimum Gasteiger partial charge on any atom is -0.497 e. The van der Waals surface area contributed by atoms with Gasteiger partial charge in [0.15, 0.2) is 0 Å². The van der Waals surface area contributed by atoms with Crippen LogP contribution in [-0.4, -0.2) is 25.5 Å². The van der Waals surface area contributed by atoms with Crippen LogP contribution in [0.4, 0.5) is 5.69 Å². The van der Waals surface area contributed by atoms with Crippen LogP contribution < -0.4 is 15.0 Å². The zero-order chi connectivity index (χ0) is 22.7. The van der Waals surface area contributed by atoms with Crippen LogP contribution in [0.5, 0.6) is 5.75 Å². The number of anilines is 1. The number of thiophene rings is 1. The third-order valence-electron chi connectivity index (χ3n) is 5.88. The van der Waals surface area contributed by atoms with E-state index in [-0.39, 0.29) is 11.8 Å². The van der Waals surface area contributed by atoms with Gasteiger partial charge < -0.3 is 10.1 Å². The zero-order valence-electron chi connectivity index (χ0n) is 18.6. The van der Waals surface area contributed by atoms with E-state index in [9.17, 15) is 9.59 Å². The molecule has 5 nitrogen and oxygen atoms in total. The van der Waals surface area contributed by atoms with E-state index in [1.54, 1.807) is 23.3 Å². The van der Waals surface area contributed by atoms with Gasteiger partial charge in [-0.3, -0.25) is 14.5 Å². The van der Waals surface area contributed by atoms with Gasteiger partial charge in [-0.2, -0.15) is 11.3 Å². The van der Waals surface area contributed by atoms with E-state index in [2.05, 4.69) is 19.2 Å². The summed E-state index contributed by atoms with van der Waals surface area (Å²) in [6, 6.07) is 16.5. The number of nitrogens with one attached hydrogen (secondary N) is 1. The fourth-order valence-electron chi connectivity index (χ4n) is 4.22. The highest BCUT2D eigenvalue weighted by Crippen LogP contribution is 2.45. The molecule has 0 bridgehead atoms. The number of benzene rings is 2. The molecule has 0 radical (unpaired) electrons. The first-order valence-electron chi connectivity index (χ1n) is 10.9. The standard InChI is InChI=1S/C26H28N2O3S/c1-17(2)12-14-27-25(29)23-21-6-4-5-7-22(21)26(30)28(24(23)18-13-15-32-16-18)19-8-10-20(31-3)11-9-19/h4-11,13,15-17,23-24H,12,14H2,1-3H3,(H,27,29)/t23-,24+/m0/s1. The molecule has 0 fully saturated rings. The first kappa shape index (κ1) is 22.1. The van der Waals surface area contributed by atoms with Crippen molar-refractivity contribution in [1.29, 1.82) is 0 Å². The minimum absolute atomic E-state index is 0.0553. The lowest BCUT2D eigenvalue weighted by molar-refractivity contribution is -0.123. The lowest BCUT2D eigenvalue weighted by Gasteiger charge is -2.41. The van der Waals surface area contributed by atoms with Gasteiger partial charge in [-0.1, -0.05) is 32.0 Å². The number of hydrogen-bond acceptors (Lipinski definition) is 4. The molecular formula is C26H28N2O3S. The molecule has 0 aliphatic carbocycles. The van der Waals surface area contributed by atoms with Crippen molar-refractivity contribution in [3.63, 3.8) is 0 Å².